The lowest BCUT2D eigenvalue weighted by Gasteiger charge is -2.35. The van der Waals surface area contributed by atoms with Crippen LogP contribution in [-0.2, 0) is 0 Å². The Morgan fingerprint density at radius 2 is 2.23 bits per heavy atom. The lowest BCUT2D eigenvalue weighted by molar-refractivity contribution is 0.194. The van der Waals surface area contributed by atoms with Crippen molar-refractivity contribution in [2.75, 3.05) is 19.6 Å². The average molecular weight is 180 g/mol. The SMILES string of the molecule is NC(CN1CC=CCC1)C1CCC1. The van der Waals surface area contributed by atoms with Gasteiger partial charge in [0.05, 0.1) is 0 Å². The highest BCUT2D eigenvalue weighted by molar-refractivity contribution is 4.92. The Balaban J connectivity index is 1.72. The van der Waals surface area contributed by atoms with E-state index in [1.54, 1.807) is 0 Å². The van der Waals surface area contributed by atoms with Crippen molar-refractivity contribution in [2.24, 2.45) is 11.7 Å². The van der Waals surface area contributed by atoms with E-state index >= 15 is 0 Å². The van der Waals surface area contributed by atoms with Crippen LogP contribution in [0.15, 0.2) is 12.2 Å². The van der Waals surface area contributed by atoms with Crippen molar-refractivity contribution in [3.05, 3.63) is 12.2 Å². The van der Waals surface area contributed by atoms with E-state index in [1.165, 1.54) is 32.2 Å². The normalized spacial score (nSPS) is 27.2. The van der Waals surface area contributed by atoms with E-state index in [9.17, 15) is 0 Å². The van der Waals surface area contributed by atoms with Crippen LogP contribution in [0.5, 0.6) is 0 Å². The second-order valence-electron chi connectivity index (χ2n) is 4.37. The maximum atomic E-state index is 6.14. The highest BCUT2D eigenvalue weighted by atomic mass is 15.1. The summed E-state index contributed by atoms with van der Waals surface area (Å²) in [5.74, 6) is 0.825. The topological polar surface area (TPSA) is 29.3 Å². The fraction of sp³-hybridized carbons (Fsp3) is 0.818. The van der Waals surface area contributed by atoms with Crippen LogP contribution >= 0.6 is 0 Å². The highest BCUT2D eigenvalue weighted by Gasteiger charge is 2.25. The molecule has 1 atom stereocenters. The summed E-state index contributed by atoms with van der Waals surface area (Å²) in [5, 5.41) is 0. The highest BCUT2D eigenvalue weighted by Crippen LogP contribution is 2.29. The number of hydrogen-bond donors (Lipinski definition) is 1. The van der Waals surface area contributed by atoms with Crippen LogP contribution in [0.2, 0.25) is 0 Å². The first-order chi connectivity index (χ1) is 6.36. The molecule has 0 aromatic heterocycles. The van der Waals surface area contributed by atoms with Crippen LogP contribution in [0.25, 0.3) is 0 Å². The van der Waals surface area contributed by atoms with Gasteiger partial charge in [0, 0.05) is 25.7 Å². The van der Waals surface area contributed by atoms with E-state index in [0.29, 0.717) is 6.04 Å². The molecule has 1 fully saturated rings. The molecule has 2 N–H and O–H groups in total. The molecule has 1 saturated carbocycles. The van der Waals surface area contributed by atoms with Gasteiger partial charge in [-0.15, -0.1) is 0 Å². The molecule has 1 aliphatic carbocycles. The van der Waals surface area contributed by atoms with Crippen molar-refractivity contribution in [3.63, 3.8) is 0 Å². The van der Waals surface area contributed by atoms with Gasteiger partial charge in [0.15, 0.2) is 0 Å². The zero-order valence-electron chi connectivity index (χ0n) is 8.28. The van der Waals surface area contributed by atoms with Crippen LogP contribution in [0.3, 0.4) is 0 Å². The monoisotopic (exact) mass is 180 g/mol. The smallest absolute Gasteiger partial charge is 0.0196 e. The molecule has 0 saturated heterocycles. The minimum absolute atomic E-state index is 0.431. The molecule has 0 aromatic rings. The maximum absolute atomic E-state index is 6.14. The van der Waals surface area contributed by atoms with E-state index in [4.69, 9.17) is 5.73 Å². The van der Waals surface area contributed by atoms with Gasteiger partial charge in [0.1, 0.15) is 0 Å². The van der Waals surface area contributed by atoms with Crippen molar-refractivity contribution in [1.82, 2.24) is 4.90 Å². The molecule has 1 heterocycles. The third-order valence-electron chi connectivity index (χ3n) is 3.37. The van der Waals surface area contributed by atoms with E-state index in [-0.39, 0.29) is 0 Å². The first kappa shape index (κ1) is 9.22. The molecule has 13 heavy (non-hydrogen) atoms. The zero-order chi connectivity index (χ0) is 9.10. The van der Waals surface area contributed by atoms with Crippen molar-refractivity contribution in [3.8, 4) is 0 Å². The second-order valence-corrected chi connectivity index (χ2v) is 4.37. The van der Waals surface area contributed by atoms with Gasteiger partial charge in [0.2, 0.25) is 0 Å². The van der Waals surface area contributed by atoms with Crippen molar-refractivity contribution in [2.45, 2.75) is 31.7 Å². The summed E-state index contributed by atoms with van der Waals surface area (Å²) in [6.45, 7) is 3.42. The van der Waals surface area contributed by atoms with Crippen LogP contribution in [0, 0.1) is 5.92 Å². The fourth-order valence-electron chi connectivity index (χ4n) is 2.17. The number of rotatable bonds is 3. The van der Waals surface area contributed by atoms with E-state index in [2.05, 4.69) is 17.1 Å². The molecule has 2 aliphatic rings. The van der Waals surface area contributed by atoms with Crippen molar-refractivity contribution in [1.29, 1.82) is 0 Å². The van der Waals surface area contributed by atoms with Crippen LogP contribution in [-0.4, -0.2) is 30.6 Å². The molecule has 74 valence electrons. The Labute approximate surface area is 80.8 Å². The van der Waals surface area contributed by atoms with E-state index < -0.39 is 0 Å². The third-order valence-corrected chi connectivity index (χ3v) is 3.37. The Hall–Kier alpha value is -0.340. The van der Waals surface area contributed by atoms with Crippen molar-refractivity contribution < 1.29 is 0 Å². The minimum atomic E-state index is 0.431. The molecule has 2 rings (SSSR count). The molecule has 2 nitrogen and oxygen atoms in total. The molecule has 0 aromatic carbocycles. The Kier molecular flexibility index (Phi) is 3.01. The Morgan fingerprint density at radius 3 is 2.77 bits per heavy atom. The molecular weight excluding hydrogens is 160 g/mol. The predicted octanol–water partition coefficient (Wildman–Crippen LogP) is 1.38. The average Bonchev–Trinajstić information content (AvgIpc) is 2.02. The Morgan fingerprint density at radius 1 is 1.38 bits per heavy atom. The molecule has 1 unspecified atom stereocenters. The quantitative estimate of drug-likeness (QED) is 0.665. The van der Waals surface area contributed by atoms with Gasteiger partial charge in [-0.05, 0) is 25.2 Å². The maximum Gasteiger partial charge on any atom is 0.0196 e. The molecule has 1 aliphatic heterocycles. The number of nitrogens with two attached hydrogens (primary N) is 1. The molecule has 0 bridgehead atoms. The summed E-state index contributed by atoms with van der Waals surface area (Å²) in [6.07, 6.45) is 9.87. The van der Waals surface area contributed by atoms with Crippen LogP contribution < -0.4 is 5.73 Å². The summed E-state index contributed by atoms with van der Waals surface area (Å²) < 4.78 is 0. The summed E-state index contributed by atoms with van der Waals surface area (Å²) in [5.41, 5.74) is 6.14. The lowest BCUT2D eigenvalue weighted by Crippen LogP contribution is -2.45. The van der Waals surface area contributed by atoms with Crippen LogP contribution in [0.1, 0.15) is 25.7 Å². The molecular formula is C11H20N2. The van der Waals surface area contributed by atoms with Gasteiger partial charge >= 0.3 is 0 Å². The molecule has 2 heteroatoms. The first-order valence-electron chi connectivity index (χ1n) is 5.49. The van der Waals surface area contributed by atoms with Crippen LogP contribution in [0.4, 0.5) is 0 Å². The van der Waals surface area contributed by atoms with Gasteiger partial charge in [-0.1, -0.05) is 18.6 Å². The van der Waals surface area contributed by atoms with Gasteiger partial charge in [-0.3, -0.25) is 4.90 Å². The minimum Gasteiger partial charge on any atom is -0.326 e. The number of hydrogen-bond acceptors (Lipinski definition) is 2. The molecule has 0 radical (unpaired) electrons. The second kappa shape index (κ2) is 4.25. The zero-order valence-corrected chi connectivity index (χ0v) is 8.28. The summed E-state index contributed by atoms with van der Waals surface area (Å²) in [6, 6.07) is 0.431. The molecule has 0 spiro atoms. The standard InChI is InChI=1S/C11H20N2/c12-11(10-5-4-6-10)9-13-7-2-1-3-8-13/h1-2,10-11H,3-9,12H2. The summed E-state index contributed by atoms with van der Waals surface area (Å²) in [7, 11) is 0. The van der Waals surface area contributed by atoms with Gasteiger partial charge in [-0.2, -0.15) is 0 Å². The number of nitrogens with zero attached hydrogens (tertiary/aromatic N) is 1. The Bertz CT molecular complexity index is 185. The predicted molar refractivity (Wildman–Crippen MR) is 55.5 cm³/mol. The van der Waals surface area contributed by atoms with Gasteiger partial charge in [-0.25, -0.2) is 0 Å². The van der Waals surface area contributed by atoms with Gasteiger partial charge < -0.3 is 5.73 Å². The lowest BCUT2D eigenvalue weighted by atomic mass is 9.80. The van der Waals surface area contributed by atoms with Gasteiger partial charge in [0.25, 0.3) is 0 Å². The third kappa shape index (κ3) is 2.32. The summed E-state index contributed by atoms with van der Waals surface area (Å²) in [4.78, 5) is 2.48. The first-order valence-corrected chi connectivity index (χ1v) is 5.49. The van der Waals surface area contributed by atoms with E-state index in [1.807, 2.05) is 0 Å². The van der Waals surface area contributed by atoms with Crippen molar-refractivity contribution >= 4 is 0 Å². The largest absolute Gasteiger partial charge is 0.326 e. The van der Waals surface area contributed by atoms with E-state index in [0.717, 1.165) is 19.0 Å². The fourth-order valence-corrected chi connectivity index (χ4v) is 2.17. The summed E-state index contributed by atoms with van der Waals surface area (Å²) >= 11 is 0. The molecule has 0 amide bonds.